The van der Waals surface area contributed by atoms with Crippen LogP contribution in [0.15, 0.2) is 40.4 Å². The van der Waals surface area contributed by atoms with Crippen molar-refractivity contribution in [1.82, 2.24) is 14.9 Å². The quantitative estimate of drug-likeness (QED) is 0.653. The van der Waals surface area contributed by atoms with Gasteiger partial charge in [-0.2, -0.15) is 0 Å². The van der Waals surface area contributed by atoms with Gasteiger partial charge >= 0.3 is 0 Å². The van der Waals surface area contributed by atoms with E-state index >= 15 is 0 Å². The SMILES string of the molecule is Cc1ncsc1C(=O)N1CCC[C@H]1c1ncc(Cc2ccccc2Cl)o1. The predicted molar refractivity (Wildman–Crippen MR) is 101 cm³/mol. The zero-order valence-electron chi connectivity index (χ0n) is 14.3. The van der Waals surface area contributed by atoms with Crippen LogP contribution in [0.4, 0.5) is 0 Å². The number of hydrogen-bond acceptors (Lipinski definition) is 5. The molecule has 1 saturated heterocycles. The third-order valence-electron chi connectivity index (χ3n) is 4.63. The smallest absolute Gasteiger partial charge is 0.266 e. The van der Waals surface area contributed by atoms with Crippen molar-refractivity contribution < 1.29 is 9.21 Å². The Morgan fingerprint density at radius 3 is 3.00 bits per heavy atom. The molecule has 1 atom stereocenters. The highest BCUT2D eigenvalue weighted by atomic mass is 35.5. The largest absolute Gasteiger partial charge is 0.443 e. The molecule has 1 aliphatic heterocycles. The Balaban J connectivity index is 1.54. The number of carbonyl (C=O) groups excluding carboxylic acids is 1. The van der Waals surface area contributed by atoms with Gasteiger partial charge in [0.2, 0.25) is 5.89 Å². The first-order chi connectivity index (χ1) is 12.6. The monoisotopic (exact) mass is 387 g/mol. The van der Waals surface area contributed by atoms with E-state index in [4.69, 9.17) is 16.0 Å². The highest BCUT2D eigenvalue weighted by Crippen LogP contribution is 2.34. The molecule has 3 heterocycles. The lowest BCUT2D eigenvalue weighted by Crippen LogP contribution is -2.30. The molecule has 5 nitrogen and oxygen atoms in total. The maximum absolute atomic E-state index is 12.9. The number of aryl methyl sites for hydroxylation is 1. The molecule has 0 bridgehead atoms. The van der Waals surface area contributed by atoms with Gasteiger partial charge in [0, 0.05) is 18.0 Å². The van der Waals surface area contributed by atoms with Gasteiger partial charge in [0.25, 0.3) is 5.91 Å². The second-order valence-electron chi connectivity index (χ2n) is 6.36. The highest BCUT2D eigenvalue weighted by molar-refractivity contribution is 7.11. The lowest BCUT2D eigenvalue weighted by atomic mass is 10.1. The second-order valence-corrected chi connectivity index (χ2v) is 7.62. The summed E-state index contributed by atoms with van der Waals surface area (Å²) in [5.41, 5.74) is 3.48. The van der Waals surface area contributed by atoms with E-state index in [2.05, 4.69) is 9.97 Å². The van der Waals surface area contributed by atoms with Gasteiger partial charge in [-0.05, 0) is 31.4 Å². The van der Waals surface area contributed by atoms with Crippen molar-refractivity contribution in [2.24, 2.45) is 0 Å². The minimum absolute atomic E-state index is 0.0124. The van der Waals surface area contributed by atoms with E-state index in [0.29, 0.717) is 28.8 Å². The Kier molecular flexibility index (Phi) is 4.78. The van der Waals surface area contributed by atoms with Crippen LogP contribution in [0.1, 0.15) is 51.5 Å². The van der Waals surface area contributed by atoms with Gasteiger partial charge in [-0.3, -0.25) is 4.79 Å². The number of aromatic nitrogens is 2. The molecule has 0 radical (unpaired) electrons. The molecule has 1 aliphatic rings. The Morgan fingerprint density at radius 2 is 2.23 bits per heavy atom. The molecule has 4 rings (SSSR count). The first-order valence-corrected chi connectivity index (χ1v) is 9.78. The Morgan fingerprint density at radius 1 is 1.38 bits per heavy atom. The van der Waals surface area contributed by atoms with E-state index < -0.39 is 0 Å². The maximum atomic E-state index is 12.9. The van der Waals surface area contributed by atoms with Crippen LogP contribution in [0.2, 0.25) is 5.02 Å². The van der Waals surface area contributed by atoms with Crippen LogP contribution in [0.25, 0.3) is 0 Å². The minimum atomic E-state index is -0.121. The van der Waals surface area contributed by atoms with Crippen molar-refractivity contribution in [2.45, 2.75) is 32.2 Å². The molecule has 134 valence electrons. The minimum Gasteiger partial charge on any atom is -0.443 e. The summed E-state index contributed by atoms with van der Waals surface area (Å²) in [5.74, 6) is 1.36. The van der Waals surface area contributed by atoms with Crippen molar-refractivity contribution >= 4 is 28.8 Å². The van der Waals surface area contributed by atoms with Gasteiger partial charge < -0.3 is 9.32 Å². The molecule has 2 aromatic heterocycles. The van der Waals surface area contributed by atoms with E-state index in [1.165, 1.54) is 11.3 Å². The molecule has 0 aliphatic carbocycles. The summed E-state index contributed by atoms with van der Waals surface area (Å²) in [4.78, 5) is 24.0. The van der Waals surface area contributed by atoms with E-state index in [0.717, 1.165) is 29.9 Å². The standard InChI is InChI=1S/C19H18ClN3O2S/c1-12-17(26-11-22-12)19(24)23-8-4-7-16(23)18-21-10-14(25-18)9-13-5-2-3-6-15(13)20/h2-3,5-6,10-11,16H,4,7-9H2,1H3/t16-/m0/s1. The van der Waals surface area contributed by atoms with Crippen LogP contribution < -0.4 is 0 Å². The Hall–Kier alpha value is -2.18. The van der Waals surface area contributed by atoms with Gasteiger partial charge in [-0.15, -0.1) is 11.3 Å². The molecule has 1 amide bonds. The fraction of sp³-hybridized carbons (Fsp3) is 0.316. The first kappa shape index (κ1) is 17.2. The summed E-state index contributed by atoms with van der Waals surface area (Å²) >= 11 is 7.61. The number of hydrogen-bond donors (Lipinski definition) is 0. The van der Waals surface area contributed by atoms with Crippen LogP contribution in [-0.2, 0) is 6.42 Å². The van der Waals surface area contributed by atoms with Crippen molar-refractivity contribution in [3.05, 3.63) is 68.8 Å². The Bertz CT molecular complexity index is 936. The van der Waals surface area contributed by atoms with Crippen LogP contribution in [0.3, 0.4) is 0 Å². The number of oxazole rings is 1. The number of thiazole rings is 1. The molecular weight excluding hydrogens is 370 g/mol. The lowest BCUT2D eigenvalue weighted by Gasteiger charge is -2.21. The summed E-state index contributed by atoms with van der Waals surface area (Å²) in [7, 11) is 0. The van der Waals surface area contributed by atoms with E-state index in [-0.39, 0.29) is 11.9 Å². The summed E-state index contributed by atoms with van der Waals surface area (Å²) in [6.07, 6.45) is 4.12. The zero-order valence-corrected chi connectivity index (χ0v) is 15.9. The topological polar surface area (TPSA) is 59.2 Å². The Labute approximate surface area is 160 Å². The molecule has 0 spiro atoms. The molecular formula is C19H18ClN3O2S. The van der Waals surface area contributed by atoms with Crippen LogP contribution in [-0.4, -0.2) is 27.3 Å². The first-order valence-electron chi connectivity index (χ1n) is 8.52. The average Bonchev–Trinajstić information content (AvgIpc) is 3.36. The summed E-state index contributed by atoms with van der Waals surface area (Å²) in [6.45, 7) is 2.57. The number of nitrogens with zero attached hydrogens (tertiary/aromatic N) is 3. The zero-order chi connectivity index (χ0) is 18.1. The number of amides is 1. The van der Waals surface area contributed by atoms with Crippen molar-refractivity contribution in [3.8, 4) is 0 Å². The van der Waals surface area contributed by atoms with E-state index in [1.54, 1.807) is 11.7 Å². The number of halogens is 1. The fourth-order valence-electron chi connectivity index (χ4n) is 3.29. The fourth-order valence-corrected chi connectivity index (χ4v) is 4.25. The number of rotatable bonds is 4. The summed E-state index contributed by atoms with van der Waals surface area (Å²) < 4.78 is 5.98. The second kappa shape index (κ2) is 7.21. The van der Waals surface area contributed by atoms with Gasteiger partial charge in [-0.25, -0.2) is 9.97 Å². The van der Waals surface area contributed by atoms with Crippen molar-refractivity contribution in [1.29, 1.82) is 0 Å². The van der Waals surface area contributed by atoms with Gasteiger partial charge in [0.15, 0.2) is 0 Å². The van der Waals surface area contributed by atoms with Crippen molar-refractivity contribution in [2.75, 3.05) is 6.54 Å². The van der Waals surface area contributed by atoms with Gasteiger partial charge in [-0.1, -0.05) is 29.8 Å². The molecule has 1 aromatic carbocycles. The number of benzene rings is 1. The van der Waals surface area contributed by atoms with Gasteiger partial charge in [0.05, 0.1) is 17.4 Å². The molecule has 0 N–H and O–H groups in total. The van der Waals surface area contributed by atoms with E-state index in [1.807, 2.05) is 36.1 Å². The molecule has 3 aromatic rings. The highest BCUT2D eigenvalue weighted by Gasteiger charge is 2.35. The normalized spacial score (nSPS) is 17.0. The molecule has 0 saturated carbocycles. The van der Waals surface area contributed by atoms with Crippen LogP contribution >= 0.6 is 22.9 Å². The third-order valence-corrected chi connectivity index (χ3v) is 5.92. The van der Waals surface area contributed by atoms with Gasteiger partial charge in [0.1, 0.15) is 16.7 Å². The maximum Gasteiger partial charge on any atom is 0.266 e. The molecule has 1 fully saturated rings. The van der Waals surface area contributed by atoms with Crippen LogP contribution in [0, 0.1) is 6.92 Å². The molecule has 7 heteroatoms. The average molecular weight is 388 g/mol. The molecule has 26 heavy (non-hydrogen) atoms. The number of likely N-dealkylation sites (tertiary alicyclic amines) is 1. The summed E-state index contributed by atoms with van der Waals surface area (Å²) in [6, 6.07) is 7.57. The number of carbonyl (C=O) groups is 1. The lowest BCUT2D eigenvalue weighted by molar-refractivity contribution is 0.0718. The van der Waals surface area contributed by atoms with Crippen LogP contribution in [0.5, 0.6) is 0 Å². The van der Waals surface area contributed by atoms with Crippen molar-refractivity contribution in [3.63, 3.8) is 0 Å². The summed E-state index contributed by atoms with van der Waals surface area (Å²) in [5, 5.41) is 0.712. The predicted octanol–water partition coefficient (Wildman–Crippen LogP) is 4.66. The molecule has 0 unspecified atom stereocenters. The van der Waals surface area contributed by atoms with E-state index in [9.17, 15) is 4.79 Å². The third kappa shape index (κ3) is 3.27.